The average molecular weight is 556 g/mol. The highest BCUT2D eigenvalue weighted by Gasteiger charge is 2.31. The zero-order chi connectivity index (χ0) is 28.8. The van der Waals surface area contributed by atoms with Gasteiger partial charge in [-0.15, -0.1) is 0 Å². The molecule has 0 saturated carbocycles. The highest BCUT2D eigenvalue weighted by atomic mass is 16.5. The topological polar surface area (TPSA) is 65.4 Å². The molecule has 0 fully saturated rings. The largest absolute Gasteiger partial charge is 0.492 e. The van der Waals surface area contributed by atoms with Gasteiger partial charge in [-0.3, -0.25) is 9.80 Å². The van der Waals surface area contributed by atoms with Crippen LogP contribution in [0, 0.1) is 0 Å². The maximum Gasteiger partial charge on any atom is 0.492 e. The molecule has 5 aromatic carbocycles. The smallest absolute Gasteiger partial charge is 0.423 e. The van der Waals surface area contributed by atoms with Crippen LogP contribution >= 0.6 is 0 Å². The van der Waals surface area contributed by atoms with E-state index < -0.39 is 14.2 Å². The number of rotatable bonds is 8. The molecule has 0 bridgehead atoms. The minimum Gasteiger partial charge on any atom is -0.423 e. The van der Waals surface area contributed by atoms with Crippen molar-refractivity contribution >= 4 is 46.7 Å². The van der Waals surface area contributed by atoms with Crippen molar-refractivity contribution in [1.82, 2.24) is 9.80 Å². The summed E-state index contributed by atoms with van der Waals surface area (Å²) >= 11 is 0. The lowest BCUT2D eigenvalue weighted by atomic mass is 9.76. The summed E-state index contributed by atoms with van der Waals surface area (Å²) in [5.41, 5.74) is 8.80. The lowest BCUT2D eigenvalue weighted by Crippen LogP contribution is -2.34. The Kier molecular flexibility index (Phi) is 7.36. The van der Waals surface area contributed by atoms with Crippen LogP contribution in [0.15, 0.2) is 84.9 Å². The Hall–Kier alpha value is -3.49. The molecular weight excluding hydrogens is 522 g/mol. The van der Waals surface area contributed by atoms with E-state index in [4.69, 9.17) is 9.31 Å². The molecule has 2 aliphatic rings. The third-order valence-electron chi connectivity index (χ3n) is 8.75. The Morgan fingerprint density at radius 1 is 0.548 bits per heavy atom. The van der Waals surface area contributed by atoms with Crippen molar-refractivity contribution in [3.05, 3.63) is 118 Å². The molecule has 5 aromatic rings. The number of benzene rings is 5. The molecule has 0 saturated heterocycles. The van der Waals surface area contributed by atoms with Gasteiger partial charge in [-0.1, -0.05) is 84.9 Å². The third kappa shape index (κ3) is 4.94. The van der Waals surface area contributed by atoms with Crippen molar-refractivity contribution in [3.8, 4) is 0 Å². The lowest BCUT2D eigenvalue weighted by Gasteiger charge is -2.25. The fraction of sp³-hybridized carbons (Fsp3) is 0.235. The summed E-state index contributed by atoms with van der Waals surface area (Å²) in [6.45, 7) is 3.89. The van der Waals surface area contributed by atoms with E-state index in [0.29, 0.717) is 26.3 Å². The van der Waals surface area contributed by atoms with E-state index in [1.165, 1.54) is 32.7 Å². The van der Waals surface area contributed by atoms with E-state index in [0.717, 1.165) is 46.3 Å². The van der Waals surface area contributed by atoms with Crippen LogP contribution in [0.1, 0.15) is 33.4 Å². The fourth-order valence-electron chi connectivity index (χ4n) is 6.88. The van der Waals surface area contributed by atoms with Crippen LogP contribution in [0.25, 0.3) is 21.5 Å². The predicted molar refractivity (Wildman–Crippen MR) is 169 cm³/mol. The van der Waals surface area contributed by atoms with Crippen LogP contribution in [-0.4, -0.2) is 48.2 Å². The summed E-state index contributed by atoms with van der Waals surface area (Å²) in [5, 5.41) is 25.9. The second kappa shape index (κ2) is 11.3. The molecular formula is C34H34B2N2O4. The van der Waals surface area contributed by atoms with E-state index in [-0.39, 0.29) is 0 Å². The van der Waals surface area contributed by atoms with Crippen molar-refractivity contribution < 1.29 is 19.4 Å². The molecule has 0 aliphatic carbocycles. The fourth-order valence-corrected chi connectivity index (χ4v) is 6.88. The van der Waals surface area contributed by atoms with Crippen molar-refractivity contribution in [2.45, 2.75) is 39.4 Å². The van der Waals surface area contributed by atoms with Crippen LogP contribution in [0.5, 0.6) is 0 Å². The SMILES string of the molecule is CN(Cc1cccc2c1B(O)OC2)Cc1c2ccccc2c(CN(C)Cc2cccc3c2B(O)OC3)c2ccccc12. The number of hydrogen-bond acceptors (Lipinski definition) is 6. The zero-order valence-corrected chi connectivity index (χ0v) is 24.1. The molecule has 0 unspecified atom stereocenters. The summed E-state index contributed by atoms with van der Waals surface area (Å²) in [7, 11) is 2.58. The van der Waals surface area contributed by atoms with E-state index in [2.05, 4.69) is 96.7 Å². The van der Waals surface area contributed by atoms with Gasteiger partial charge in [0.15, 0.2) is 0 Å². The first-order chi connectivity index (χ1) is 20.5. The van der Waals surface area contributed by atoms with Crippen LogP contribution < -0.4 is 10.9 Å². The Balaban J connectivity index is 1.22. The van der Waals surface area contributed by atoms with Gasteiger partial charge in [0, 0.05) is 26.2 Å². The number of hydrogen-bond donors (Lipinski definition) is 2. The van der Waals surface area contributed by atoms with Gasteiger partial charge in [0.2, 0.25) is 0 Å². The number of fused-ring (bicyclic) bond motifs is 4. The zero-order valence-electron chi connectivity index (χ0n) is 24.1. The Bertz CT molecular complexity index is 1610. The predicted octanol–water partition coefficient (Wildman–Crippen LogP) is 3.69. The minimum atomic E-state index is -0.852. The Labute approximate surface area is 247 Å². The Morgan fingerprint density at radius 2 is 0.929 bits per heavy atom. The molecule has 0 aromatic heterocycles. The quantitative estimate of drug-likeness (QED) is 0.225. The first-order valence-corrected chi connectivity index (χ1v) is 14.6. The summed E-state index contributed by atoms with van der Waals surface area (Å²) in [6, 6.07) is 29.8. The molecule has 7 rings (SSSR count). The maximum atomic E-state index is 10.4. The summed E-state index contributed by atoms with van der Waals surface area (Å²) in [6.07, 6.45) is 0. The highest BCUT2D eigenvalue weighted by molar-refractivity contribution is 6.62. The van der Waals surface area contributed by atoms with Gasteiger partial charge in [-0.05, 0) is 79.9 Å². The molecule has 42 heavy (non-hydrogen) atoms. The first-order valence-electron chi connectivity index (χ1n) is 14.6. The van der Waals surface area contributed by atoms with Crippen molar-refractivity contribution in [2.24, 2.45) is 0 Å². The monoisotopic (exact) mass is 556 g/mol. The van der Waals surface area contributed by atoms with E-state index >= 15 is 0 Å². The second-order valence-corrected chi connectivity index (χ2v) is 11.7. The van der Waals surface area contributed by atoms with E-state index in [1.807, 2.05) is 12.1 Å². The van der Waals surface area contributed by atoms with Crippen molar-refractivity contribution in [1.29, 1.82) is 0 Å². The molecule has 2 heterocycles. The van der Waals surface area contributed by atoms with Gasteiger partial charge < -0.3 is 19.4 Å². The summed E-state index contributed by atoms with van der Waals surface area (Å²) in [4.78, 5) is 4.65. The van der Waals surface area contributed by atoms with Crippen molar-refractivity contribution in [2.75, 3.05) is 14.1 Å². The Morgan fingerprint density at radius 3 is 1.31 bits per heavy atom. The molecule has 2 N–H and O–H groups in total. The normalized spacial score (nSPS) is 14.5. The second-order valence-electron chi connectivity index (χ2n) is 11.7. The van der Waals surface area contributed by atoms with Gasteiger partial charge in [0.1, 0.15) is 0 Å². The third-order valence-corrected chi connectivity index (χ3v) is 8.75. The average Bonchev–Trinajstić information content (AvgIpc) is 3.58. The molecule has 2 aliphatic heterocycles. The maximum absolute atomic E-state index is 10.4. The highest BCUT2D eigenvalue weighted by Crippen LogP contribution is 2.35. The molecule has 0 radical (unpaired) electrons. The standard InChI is InChI=1S/C34H34B2N2O4/c1-37(17-23-9-7-11-25-21-41-35(39)33(23)25)19-31-27-13-3-5-15-29(27)32(30-16-6-4-14-28(30)31)20-38(2)18-24-10-8-12-26-22-42-36(40)34(24)26/h3-16,39-40H,17-22H2,1-2H3. The number of nitrogens with zero attached hydrogens (tertiary/aromatic N) is 2. The molecule has 0 spiro atoms. The first kappa shape index (κ1) is 27.3. The van der Waals surface area contributed by atoms with Gasteiger partial charge in [0.05, 0.1) is 13.2 Å². The molecule has 0 atom stereocenters. The van der Waals surface area contributed by atoms with Crippen molar-refractivity contribution in [3.63, 3.8) is 0 Å². The van der Waals surface area contributed by atoms with E-state index in [9.17, 15) is 10.0 Å². The molecule has 0 amide bonds. The molecule has 8 heteroatoms. The summed E-state index contributed by atoms with van der Waals surface area (Å²) < 4.78 is 11.0. The van der Waals surface area contributed by atoms with Gasteiger partial charge in [-0.25, -0.2) is 0 Å². The summed E-state index contributed by atoms with van der Waals surface area (Å²) in [5.74, 6) is 0. The van der Waals surface area contributed by atoms with E-state index in [1.54, 1.807) is 0 Å². The van der Waals surface area contributed by atoms with Crippen LogP contribution in [0.2, 0.25) is 0 Å². The van der Waals surface area contributed by atoms with Crippen LogP contribution in [0.3, 0.4) is 0 Å². The minimum absolute atomic E-state index is 0.459. The lowest BCUT2D eigenvalue weighted by molar-refractivity contribution is 0.274. The molecule has 6 nitrogen and oxygen atoms in total. The molecule has 210 valence electrons. The van der Waals surface area contributed by atoms with Gasteiger partial charge in [0.25, 0.3) is 0 Å². The van der Waals surface area contributed by atoms with Crippen LogP contribution in [-0.2, 0) is 48.7 Å². The van der Waals surface area contributed by atoms with Gasteiger partial charge >= 0.3 is 14.2 Å². The van der Waals surface area contributed by atoms with Crippen LogP contribution in [0.4, 0.5) is 0 Å². The van der Waals surface area contributed by atoms with Gasteiger partial charge in [-0.2, -0.15) is 0 Å².